The van der Waals surface area contributed by atoms with E-state index in [-0.39, 0.29) is 6.61 Å². The molecule has 0 unspecified atom stereocenters. The molecule has 0 saturated carbocycles. The van der Waals surface area contributed by atoms with Gasteiger partial charge in [-0.3, -0.25) is 0 Å². The van der Waals surface area contributed by atoms with Gasteiger partial charge < -0.3 is 9.94 Å². The van der Waals surface area contributed by atoms with Gasteiger partial charge in [0.25, 0.3) is 0 Å². The molecule has 0 radical (unpaired) electrons. The molecule has 0 heterocycles. The zero-order valence-corrected chi connectivity index (χ0v) is 13.6. The van der Waals surface area contributed by atoms with Gasteiger partial charge in [0.15, 0.2) is 0 Å². The maximum Gasteiger partial charge on any atom is 0.134 e. The van der Waals surface area contributed by atoms with Crippen molar-refractivity contribution in [1.29, 1.82) is 0 Å². The largest absolute Gasteiger partial charge is 0.486 e. The number of oxime groups is 1. The fraction of sp³-hybridized carbons (Fsp3) is 0.0455. The molecule has 0 aromatic heterocycles. The molecule has 0 aliphatic heterocycles. The number of rotatable bonds is 4. The lowest BCUT2D eigenvalue weighted by atomic mass is 10.0. The molecule has 0 aliphatic rings. The SMILES string of the molecule is O/N=C(\COc1cccc2ccccc12)c1ccc2ccccc2c1. The monoisotopic (exact) mass is 327 g/mol. The highest BCUT2D eigenvalue weighted by molar-refractivity contribution is 6.04. The molecule has 1 N–H and O–H groups in total. The van der Waals surface area contributed by atoms with Gasteiger partial charge in [0.1, 0.15) is 18.1 Å². The third kappa shape index (κ3) is 3.04. The molecule has 4 rings (SSSR count). The van der Waals surface area contributed by atoms with Crippen molar-refractivity contribution >= 4 is 27.3 Å². The molecule has 0 bridgehead atoms. The summed E-state index contributed by atoms with van der Waals surface area (Å²) < 4.78 is 5.95. The highest BCUT2D eigenvalue weighted by Gasteiger charge is 2.08. The van der Waals surface area contributed by atoms with Crippen molar-refractivity contribution in [3.8, 4) is 5.75 Å². The zero-order chi connectivity index (χ0) is 17.1. The summed E-state index contributed by atoms with van der Waals surface area (Å²) in [6.45, 7) is 0.197. The normalized spacial score (nSPS) is 11.8. The minimum Gasteiger partial charge on any atom is -0.486 e. The van der Waals surface area contributed by atoms with E-state index >= 15 is 0 Å². The molecule has 0 fully saturated rings. The van der Waals surface area contributed by atoms with Crippen LogP contribution in [0.4, 0.5) is 0 Å². The molecule has 0 aliphatic carbocycles. The third-order valence-electron chi connectivity index (χ3n) is 4.32. The Balaban J connectivity index is 1.61. The Bertz CT molecular complexity index is 1060. The maximum atomic E-state index is 9.45. The molecule has 0 spiro atoms. The number of ether oxygens (including phenoxy) is 1. The number of nitrogens with zero attached hydrogens (tertiary/aromatic N) is 1. The number of benzene rings is 4. The maximum absolute atomic E-state index is 9.45. The van der Waals surface area contributed by atoms with E-state index in [1.807, 2.05) is 78.9 Å². The molecular weight excluding hydrogens is 310 g/mol. The molecule has 0 atom stereocenters. The average molecular weight is 327 g/mol. The van der Waals surface area contributed by atoms with Crippen LogP contribution in [0, 0.1) is 0 Å². The Morgan fingerprint density at radius 3 is 2.32 bits per heavy atom. The van der Waals surface area contributed by atoms with Crippen molar-refractivity contribution in [3.63, 3.8) is 0 Å². The molecule has 3 heteroatoms. The van der Waals surface area contributed by atoms with Crippen LogP contribution in [0.3, 0.4) is 0 Å². The highest BCUT2D eigenvalue weighted by Crippen LogP contribution is 2.25. The van der Waals surface area contributed by atoms with Crippen LogP contribution in [0.1, 0.15) is 5.56 Å². The zero-order valence-electron chi connectivity index (χ0n) is 13.6. The first-order valence-electron chi connectivity index (χ1n) is 8.16. The van der Waals surface area contributed by atoms with Crippen LogP contribution in [-0.2, 0) is 0 Å². The van der Waals surface area contributed by atoms with Crippen LogP contribution >= 0.6 is 0 Å². The summed E-state index contributed by atoms with van der Waals surface area (Å²) in [6, 6.07) is 28.1. The Morgan fingerprint density at radius 2 is 1.48 bits per heavy atom. The van der Waals surface area contributed by atoms with Crippen molar-refractivity contribution in [2.45, 2.75) is 0 Å². The van der Waals surface area contributed by atoms with Crippen LogP contribution in [0.25, 0.3) is 21.5 Å². The second-order valence-electron chi connectivity index (χ2n) is 5.87. The van der Waals surface area contributed by atoms with Gasteiger partial charge in [-0.15, -0.1) is 0 Å². The van der Waals surface area contributed by atoms with Crippen molar-refractivity contribution in [3.05, 3.63) is 90.5 Å². The summed E-state index contributed by atoms with van der Waals surface area (Å²) in [5, 5.41) is 17.3. The van der Waals surface area contributed by atoms with E-state index in [9.17, 15) is 5.21 Å². The quantitative estimate of drug-likeness (QED) is 0.316. The number of fused-ring (bicyclic) bond motifs is 2. The average Bonchev–Trinajstić information content (AvgIpc) is 2.68. The van der Waals surface area contributed by atoms with E-state index in [4.69, 9.17) is 4.74 Å². The van der Waals surface area contributed by atoms with Gasteiger partial charge in [-0.2, -0.15) is 0 Å². The Hall–Kier alpha value is -3.33. The minimum atomic E-state index is 0.197. The summed E-state index contributed by atoms with van der Waals surface area (Å²) in [5.74, 6) is 0.778. The van der Waals surface area contributed by atoms with Gasteiger partial charge in [-0.1, -0.05) is 78.0 Å². The van der Waals surface area contributed by atoms with Gasteiger partial charge in [0.2, 0.25) is 0 Å². The summed E-state index contributed by atoms with van der Waals surface area (Å²) in [7, 11) is 0. The fourth-order valence-electron chi connectivity index (χ4n) is 3.01. The fourth-order valence-corrected chi connectivity index (χ4v) is 3.01. The van der Waals surface area contributed by atoms with E-state index in [0.717, 1.165) is 32.9 Å². The summed E-state index contributed by atoms with van der Waals surface area (Å²) >= 11 is 0. The van der Waals surface area contributed by atoms with Crippen LogP contribution in [-0.4, -0.2) is 17.5 Å². The lowest BCUT2D eigenvalue weighted by Crippen LogP contribution is -2.13. The molecular formula is C22H17NO2. The van der Waals surface area contributed by atoms with Crippen LogP contribution < -0.4 is 4.74 Å². The van der Waals surface area contributed by atoms with Crippen LogP contribution in [0.15, 0.2) is 90.1 Å². The standard InChI is InChI=1S/C22H17NO2/c24-23-21(19-13-12-16-6-1-2-8-18(16)14-19)15-25-22-11-5-9-17-7-3-4-10-20(17)22/h1-14,24H,15H2/b23-21+. The predicted molar refractivity (Wildman–Crippen MR) is 102 cm³/mol. The number of hydrogen-bond donors (Lipinski definition) is 1. The third-order valence-corrected chi connectivity index (χ3v) is 4.32. The van der Waals surface area contributed by atoms with Crippen LogP contribution in [0.5, 0.6) is 5.75 Å². The summed E-state index contributed by atoms with van der Waals surface area (Å²) in [4.78, 5) is 0. The molecule has 3 nitrogen and oxygen atoms in total. The first-order chi connectivity index (χ1) is 12.3. The van der Waals surface area contributed by atoms with E-state index < -0.39 is 0 Å². The first-order valence-corrected chi connectivity index (χ1v) is 8.16. The van der Waals surface area contributed by atoms with Crippen molar-refractivity contribution in [2.75, 3.05) is 6.61 Å². The van der Waals surface area contributed by atoms with Gasteiger partial charge >= 0.3 is 0 Å². The number of hydrogen-bond acceptors (Lipinski definition) is 3. The van der Waals surface area contributed by atoms with E-state index in [1.54, 1.807) is 0 Å². The first kappa shape index (κ1) is 15.2. The van der Waals surface area contributed by atoms with E-state index in [0.29, 0.717) is 5.71 Å². The lowest BCUT2D eigenvalue weighted by Gasteiger charge is -2.11. The summed E-state index contributed by atoms with van der Waals surface area (Å²) in [6.07, 6.45) is 0. The lowest BCUT2D eigenvalue weighted by molar-refractivity contribution is 0.308. The van der Waals surface area contributed by atoms with E-state index in [1.165, 1.54) is 0 Å². The molecule has 4 aromatic carbocycles. The van der Waals surface area contributed by atoms with Gasteiger partial charge in [-0.25, -0.2) is 0 Å². The predicted octanol–water partition coefficient (Wildman–Crippen LogP) is 5.25. The Morgan fingerprint density at radius 1 is 0.760 bits per heavy atom. The smallest absolute Gasteiger partial charge is 0.134 e. The topological polar surface area (TPSA) is 41.8 Å². The van der Waals surface area contributed by atoms with Gasteiger partial charge in [0, 0.05) is 10.9 Å². The van der Waals surface area contributed by atoms with E-state index in [2.05, 4.69) is 11.2 Å². The highest BCUT2D eigenvalue weighted by atomic mass is 16.5. The van der Waals surface area contributed by atoms with Crippen LogP contribution in [0.2, 0.25) is 0 Å². The van der Waals surface area contributed by atoms with Gasteiger partial charge in [-0.05, 0) is 28.3 Å². The second-order valence-corrected chi connectivity index (χ2v) is 5.87. The Kier molecular flexibility index (Phi) is 4.05. The summed E-state index contributed by atoms with van der Waals surface area (Å²) in [5.41, 5.74) is 1.35. The van der Waals surface area contributed by atoms with Gasteiger partial charge in [0.05, 0.1) is 0 Å². The Labute approximate surface area is 145 Å². The molecule has 4 aromatic rings. The van der Waals surface area contributed by atoms with Crippen molar-refractivity contribution in [1.82, 2.24) is 0 Å². The minimum absolute atomic E-state index is 0.197. The van der Waals surface area contributed by atoms with Crippen molar-refractivity contribution in [2.24, 2.45) is 5.16 Å². The second kappa shape index (κ2) is 6.65. The molecule has 122 valence electrons. The molecule has 25 heavy (non-hydrogen) atoms. The van der Waals surface area contributed by atoms with Crippen molar-refractivity contribution < 1.29 is 9.94 Å². The molecule has 0 amide bonds. The molecule has 0 saturated heterocycles.